The van der Waals surface area contributed by atoms with Gasteiger partial charge in [0.05, 0.1) is 38.6 Å². The fourth-order valence-corrected chi connectivity index (χ4v) is 3.66. The molecule has 0 saturated carbocycles. The Bertz CT molecular complexity index is 790. The van der Waals surface area contributed by atoms with Gasteiger partial charge in [0.1, 0.15) is 30.5 Å². The van der Waals surface area contributed by atoms with Gasteiger partial charge in [0.2, 0.25) is 0 Å². The normalized spacial score (nSPS) is 28.1. The van der Waals surface area contributed by atoms with E-state index in [1.54, 1.807) is 30.3 Å². The smallest absolute Gasteiger partial charge is 0.251 e. The van der Waals surface area contributed by atoms with Gasteiger partial charge < -0.3 is 55.6 Å². The number of carbonyl (C=O) groups is 1. The van der Waals surface area contributed by atoms with Gasteiger partial charge in [-0.2, -0.15) is 0 Å². The molecule has 12 heteroatoms. The third-order valence-electron chi connectivity index (χ3n) is 5.98. The molecule has 9 atom stereocenters. The molecule has 9 N–H and O–H groups in total. The molecule has 2 rings (SSSR count). The van der Waals surface area contributed by atoms with E-state index in [4.69, 9.17) is 9.47 Å². The monoisotopic (exact) mass is 501 g/mol. The zero-order chi connectivity index (χ0) is 26.1. The summed E-state index contributed by atoms with van der Waals surface area (Å²) in [4.78, 5) is 12.3. The molecule has 0 spiro atoms. The van der Waals surface area contributed by atoms with Crippen LogP contribution in [0, 0.1) is 5.92 Å². The van der Waals surface area contributed by atoms with Crippen LogP contribution in [-0.4, -0.2) is 122 Å². The van der Waals surface area contributed by atoms with E-state index < -0.39 is 80.5 Å². The van der Waals surface area contributed by atoms with E-state index >= 15 is 0 Å². The number of amides is 1. The van der Waals surface area contributed by atoms with Crippen LogP contribution in [-0.2, 0) is 20.8 Å². The predicted octanol–water partition coefficient (Wildman–Crippen LogP) is -3.50. The molecule has 0 radical (unpaired) electrons. The van der Waals surface area contributed by atoms with Crippen molar-refractivity contribution in [2.45, 2.75) is 55.4 Å². The number of hydrogen-bond donors (Lipinski definition) is 9. The van der Waals surface area contributed by atoms with Gasteiger partial charge in [0, 0.05) is 12.5 Å². The van der Waals surface area contributed by atoms with Gasteiger partial charge in [-0.25, -0.2) is 0 Å². The minimum Gasteiger partial charge on any atom is -0.394 e. The number of benzene rings is 1. The molecule has 0 aliphatic carbocycles. The summed E-state index contributed by atoms with van der Waals surface area (Å²) in [5, 5.41) is 81.7. The second kappa shape index (κ2) is 13.9. The molecule has 1 fully saturated rings. The van der Waals surface area contributed by atoms with Crippen molar-refractivity contribution in [3.05, 3.63) is 42.0 Å². The highest BCUT2D eigenvalue weighted by Crippen LogP contribution is 2.22. The molecular weight excluding hydrogens is 466 g/mol. The van der Waals surface area contributed by atoms with Crippen molar-refractivity contribution < 1.29 is 55.1 Å². The first-order valence-corrected chi connectivity index (χ1v) is 11.2. The van der Waals surface area contributed by atoms with E-state index in [1.807, 2.05) is 0 Å². The predicted molar refractivity (Wildman–Crippen MR) is 122 cm³/mol. The van der Waals surface area contributed by atoms with Crippen LogP contribution in [0.15, 0.2) is 30.8 Å². The summed E-state index contributed by atoms with van der Waals surface area (Å²) in [5.41, 5.74) is 1.63. The molecule has 12 nitrogen and oxygen atoms in total. The van der Waals surface area contributed by atoms with Crippen molar-refractivity contribution in [3.63, 3.8) is 0 Å². The summed E-state index contributed by atoms with van der Waals surface area (Å²) in [6.07, 6.45) is -10.7. The maximum atomic E-state index is 12.3. The first-order valence-electron chi connectivity index (χ1n) is 11.2. The molecule has 1 aliphatic heterocycles. The molecule has 1 saturated heterocycles. The van der Waals surface area contributed by atoms with Crippen molar-refractivity contribution in [1.82, 2.24) is 5.32 Å². The summed E-state index contributed by atoms with van der Waals surface area (Å²) < 4.78 is 10.7. The summed E-state index contributed by atoms with van der Waals surface area (Å²) >= 11 is 0. The van der Waals surface area contributed by atoms with Gasteiger partial charge in [-0.1, -0.05) is 36.9 Å². The van der Waals surface area contributed by atoms with E-state index in [0.717, 1.165) is 11.1 Å². The van der Waals surface area contributed by atoms with Gasteiger partial charge in [-0.05, 0) is 11.1 Å². The maximum Gasteiger partial charge on any atom is 0.251 e. The number of carbonyl (C=O) groups excluding carboxylic acids is 1. The van der Waals surface area contributed by atoms with Gasteiger partial charge >= 0.3 is 0 Å². The minimum atomic E-state index is -1.95. The zero-order valence-corrected chi connectivity index (χ0v) is 19.1. The minimum absolute atomic E-state index is 0.0703. The Morgan fingerprint density at radius 3 is 2.26 bits per heavy atom. The van der Waals surface area contributed by atoms with Gasteiger partial charge in [-0.15, -0.1) is 0 Å². The van der Waals surface area contributed by atoms with Crippen LogP contribution < -0.4 is 5.32 Å². The number of ether oxygens (including phenoxy) is 2. The molecule has 0 bridgehead atoms. The number of aliphatic hydroxyl groups is 8. The van der Waals surface area contributed by atoms with E-state index in [-0.39, 0.29) is 13.2 Å². The SMILES string of the molecule is C=Cc1ccc(CNC(=O)C(O)C(O)C(COCC2OC(CO)C(O)C(O)C2O)C(O)CO)cc1. The summed E-state index contributed by atoms with van der Waals surface area (Å²) in [5.74, 6) is -2.22. The largest absolute Gasteiger partial charge is 0.394 e. The van der Waals surface area contributed by atoms with Crippen LogP contribution in [0.1, 0.15) is 11.1 Å². The van der Waals surface area contributed by atoms with Crippen molar-refractivity contribution in [3.8, 4) is 0 Å². The van der Waals surface area contributed by atoms with Crippen LogP contribution in [0.4, 0.5) is 0 Å². The summed E-state index contributed by atoms with van der Waals surface area (Å²) in [6.45, 7) is 1.45. The van der Waals surface area contributed by atoms with E-state index in [1.165, 1.54) is 0 Å². The van der Waals surface area contributed by atoms with E-state index in [9.17, 15) is 45.6 Å². The van der Waals surface area contributed by atoms with Gasteiger partial charge in [-0.3, -0.25) is 4.79 Å². The van der Waals surface area contributed by atoms with Crippen molar-refractivity contribution in [2.75, 3.05) is 26.4 Å². The van der Waals surface area contributed by atoms with Crippen molar-refractivity contribution in [2.24, 2.45) is 5.92 Å². The molecule has 0 aromatic heterocycles. The fourth-order valence-electron chi connectivity index (χ4n) is 3.66. The molecule has 35 heavy (non-hydrogen) atoms. The number of aliphatic hydroxyl groups excluding tert-OH is 8. The third kappa shape index (κ3) is 7.75. The maximum absolute atomic E-state index is 12.3. The van der Waals surface area contributed by atoms with Crippen LogP contribution in [0.3, 0.4) is 0 Å². The number of hydrogen-bond acceptors (Lipinski definition) is 11. The molecule has 1 aromatic carbocycles. The Morgan fingerprint density at radius 2 is 1.69 bits per heavy atom. The van der Waals surface area contributed by atoms with E-state index in [2.05, 4.69) is 11.9 Å². The van der Waals surface area contributed by atoms with Crippen LogP contribution in [0.2, 0.25) is 0 Å². The van der Waals surface area contributed by atoms with Crippen molar-refractivity contribution in [1.29, 1.82) is 0 Å². The lowest BCUT2D eigenvalue weighted by Crippen LogP contribution is -2.59. The number of rotatable bonds is 13. The average Bonchev–Trinajstić information content (AvgIpc) is 2.88. The highest BCUT2D eigenvalue weighted by atomic mass is 16.6. The molecule has 198 valence electrons. The summed E-state index contributed by atoms with van der Waals surface area (Å²) in [6, 6.07) is 7.09. The van der Waals surface area contributed by atoms with E-state index in [0.29, 0.717) is 0 Å². The lowest BCUT2D eigenvalue weighted by atomic mass is 9.92. The van der Waals surface area contributed by atoms with Crippen LogP contribution in [0.5, 0.6) is 0 Å². The molecule has 1 amide bonds. The van der Waals surface area contributed by atoms with Gasteiger partial charge in [0.25, 0.3) is 5.91 Å². The Morgan fingerprint density at radius 1 is 1.06 bits per heavy atom. The average molecular weight is 502 g/mol. The standard InChI is InChI=1S/C23H35NO11/c1-2-12-3-5-13(6-4-12)7-24-23(33)22(32)18(28)14(15(27)8-25)10-34-11-17-20(30)21(31)19(29)16(9-26)35-17/h2-6,14-22,25-32H,1,7-11H2,(H,24,33). The zero-order valence-electron chi connectivity index (χ0n) is 19.1. The molecular formula is C23H35NO11. The van der Waals surface area contributed by atoms with Crippen molar-refractivity contribution >= 4 is 12.0 Å². The summed E-state index contributed by atoms with van der Waals surface area (Å²) in [7, 11) is 0. The Kier molecular flexibility index (Phi) is 11.7. The third-order valence-corrected chi connectivity index (χ3v) is 5.98. The topological polar surface area (TPSA) is 209 Å². The highest BCUT2D eigenvalue weighted by molar-refractivity contribution is 5.81. The molecule has 1 heterocycles. The Labute approximate surface area is 202 Å². The second-order valence-electron chi connectivity index (χ2n) is 8.42. The Hall–Kier alpha value is -1.97. The second-order valence-corrected chi connectivity index (χ2v) is 8.42. The van der Waals surface area contributed by atoms with Gasteiger partial charge in [0.15, 0.2) is 6.10 Å². The Balaban J connectivity index is 1.93. The molecule has 1 aromatic rings. The van der Waals surface area contributed by atoms with Crippen LogP contribution in [0.25, 0.3) is 6.08 Å². The molecule has 9 unspecified atom stereocenters. The lowest BCUT2D eigenvalue weighted by Gasteiger charge is -2.40. The highest BCUT2D eigenvalue weighted by Gasteiger charge is 2.43. The fraction of sp³-hybridized carbons (Fsp3) is 0.609. The first-order chi connectivity index (χ1) is 16.6. The molecule has 1 aliphatic rings. The number of nitrogens with one attached hydrogen (secondary N) is 1. The lowest BCUT2D eigenvalue weighted by molar-refractivity contribution is -0.240. The quantitative estimate of drug-likeness (QED) is 0.129. The van der Waals surface area contributed by atoms with Crippen LogP contribution >= 0.6 is 0 Å². The first kappa shape index (κ1) is 29.3.